The van der Waals surface area contributed by atoms with Gasteiger partial charge >= 0.3 is 5.97 Å². The SMILES string of the molecule is CC(=O)N1CCCN(C2CCC2C(=O)O)CC1. The van der Waals surface area contributed by atoms with Crippen LogP contribution >= 0.6 is 0 Å². The molecule has 1 aliphatic carbocycles. The van der Waals surface area contributed by atoms with Gasteiger partial charge in [0, 0.05) is 39.1 Å². The molecule has 2 fully saturated rings. The lowest BCUT2D eigenvalue weighted by molar-refractivity contribution is -0.149. The van der Waals surface area contributed by atoms with Crippen molar-refractivity contribution in [2.45, 2.75) is 32.2 Å². The molecular weight excluding hydrogens is 220 g/mol. The Labute approximate surface area is 101 Å². The normalized spacial score (nSPS) is 30.5. The second-order valence-corrected chi connectivity index (χ2v) is 4.99. The molecule has 1 aliphatic heterocycles. The molecule has 1 amide bonds. The number of rotatable bonds is 2. The number of hydrogen-bond donors (Lipinski definition) is 1. The average Bonchev–Trinajstić information content (AvgIpc) is 2.40. The van der Waals surface area contributed by atoms with E-state index in [4.69, 9.17) is 5.11 Å². The van der Waals surface area contributed by atoms with Crippen molar-refractivity contribution in [1.82, 2.24) is 9.80 Å². The van der Waals surface area contributed by atoms with Crippen LogP contribution in [0.5, 0.6) is 0 Å². The summed E-state index contributed by atoms with van der Waals surface area (Å²) in [4.78, 5) is 26.4. The lowest BCUT2D eigenvalue weighted by atomic mass is 9.78. The predicted octanol–water partition coefficient (Wildman–Crippen LogP) is 0.404. The highest BCUT2D eigenvalue weighted by Gasteiger charge is 2.40. The number of aliphatic carboxylic acids is 1. The van der Waals surface area contributed by atoms with E-state index >= 15 is 0 Å². The minimum absolute atomic E-state index is 0.121. The molecule has 96 valence electrons. The summed E-state index contributed by atoms with van der Waals surface area (Å²) in [6, 6.07) is 0.194. The first-order chi connectivity index (χ1) is 8.09. The van der Waals surface area contributed by atoms with Crippen molar-refractivity contribution >= 4 is 11.9 Å². The van der Waals surface area contributed by atoms with Gasteiger partial charge < -0.3 is 10.0 Å². The molecule has 2 unspecified atom stereocenters. The number of amides is 1. The Bertz CT molecular complexity index is 319. The summed E-state index contributed by atoms with van der Waals surface area (Å²) >= 11 is 0. The van der Waals surface area contributed by atoms with E-state index in [9.17, 15) is 9.59 Å². The van der Waals surface area contributed by atoms with Gasteiger partial charge in [-0.05, 0) is 19.3 Å². The molecule has 2 aliphatic rings. The maximum absolute atomic E-state index is 11.3. The molecule has 5 nitrogen and oxygen atoms in total. The van der Waals surface area contributed by atoms with Gasteiger partial charge in [-0.25, -0.2) is 0 Å². The van der Waals surface area contributed by atoms with Crippen LogP contribution in [0.1, 0.15) is 26.2 Å². The van der Waals surface area contributed by atoms with Crippen LogP contribution in [0.2, 0.25) is 0 Å². The second kappa shape index (κ2) is 5.04. The van der Waals surface area contributed by atoms with Crippen LogP contribution < -0.4 is 0 Å². The van der Waals surface area contributed by atoms with E-state index in [0.29, 0.717) is 0 Å². The number of carboxylic acids is 1. The van der Waals surface area contributed by atoms with Gasteiger partial charge in [-0.3, -0.25) is 14.5 Å². The third-order valence-electron chi connectivity index (χ3n) is 4.00. The minimum Gasteiger partial charge on any atom is -0.481 e. The van der Waals surface area contributed by atoms with Crippen LogP contribution in [0.3, 0.4) is 0 Å². The second-order valence-electron chi connectivity index (χ2n) is 4.99. The van der Waals surface area contributed by atoms with Crippen LogP contribution in [0.4, 0.5) is 0 Å². The fourth-order valence-corrected chi connectivity index (χ4v) is 2.79. The van der Waals surface area contributed by atoms with Gasteiger partial charge in [0.05, 0.1) is 5.92 Å². The first kappa shape index (κ1) is 12.4. The first-order valence-corrected chi connectivity index (χ1v) is 6.32. The molecule has 2 rings (SSSR count). The van der Waals surface area contributed by atoms with Gasteiger partial charge in [-0.2, -0.15) is 0 Å². The molecule has 17 heavy (non-hydrogen) atoms. The molecule has 0 aromatic rings. The minimum atomic E-state index is -0.672. The third-order valence-corrected chi connectivity index (χ3v) is 4.00. The zero-order chi connectivity index (χ0) is 12.4. The number of nitrogens with zero attached hydrogens (tertiary/aromatic N) is 2. The summed E-state index contributed by atoms with van der Waals surface area (Å²) in [5, 5.41) is 9.05. The van der Waals surface area contributed by atoms with Gasteiger partial charge in [0.15, 0.2) is 0 Å². The maximum atomic E-state index is 11.3. The molecule has 0 bridgehead atoms. The van der Waals surface area contributed by atoms with Gasteiger partial charge in [0.1, 0.15) is 0 Å². The molecule has 0 spiro atoms. The summed E-state index contributed by atoms with van der Waals surface area (Å²) in [7, 11) is 0. The molecule has 1 saturated heterocycles. The van der Waals surface area contributed by atoms with Crippen molar-refractivity contribution in [2.24, 2.45) is 5.92 Å². The lowest BCUT2D eigenvalue weighted by Crippen LogP contribution is -2.51. The molecule has 2 atom stereocenters. The zero-order valence-corrected chi connectivity index (χ0v) is 10.3. The third kappa shape index (κ3) is 2.60. The molecule has 5 heteroatoms. The van der Waals surface area contributed by atoms with Crippen LogP contribution in [-0.2, 0) is 9.59 Å². The van der Waals surface area contributed by atoms with Gasteiger partial charge in [0.25, 0.3) is 0 Å². The summed E-state index contributed by atoms with van der Waals surface area (Å²) in [6.45, 7) is 4.86. The maximum Gasteiger partial charge on any atom is 0.308 e. The van der Waals surface area contributed by atoms with Crippen molar-refractivity contribution < 1.29 is 14.7 Å². The zero-order valence-electron chi connectivity index (χ0n) is 10.3. The van der Waals surface area contributed by atoms with Crippen LogP contribution in [0, 0.1) is 5.92 Å². The molecule has 0 aromatic heterocycles. The highest BCUT2D eigenvalue weighted by Crippen LogP contribution is 2.32. The smallest absolute Gasteiger partial charge is 0.308 e. The van der Waals surface area contributed by atoms with Gasteiger partial charge in [-0.1, -0.05) is 0 Å². The van der Waals surface area contributed by atoms with Gasteiger partial charge in [0.2, 0.25) is 5.91 Å². The highest BCUT2D eigenvalue weighted by atomic mass is 16.4. The molecule has 1 saturated carbocycles. The molecule has 0 aromatic carbocycles. The van der Waals surface area contributed by atoms with Gasteiger partial charge in [-0.15, -0.1) is 0 Å². The Kier molecular flexibility index (Phi) is 3.66. The molecule has 1 N–H and O–H groups in total. The predicted molar refractivity (Wildman–Crippen MR) is 62.6 cm³/mol. The van der Waals surface area contributed by atoms with Crippen molar-refractivity contribution in [1.29, 1.82) is 0 Å². The van der Waals surface area contributed by atoms with Crippen LogP contribution in [-0.4, -0.2) is 59.0 Å². The number of hydrogen-bond acceptors (Lipinski definition) is 3. The monoisotopic (exact) mass is 240 g/mol. The summed E-state index contributed by atoms with van der Waals surface area (Å²) < 4.78 is 0. The molecule has 0 radical (unpaired) electrons. The fraction of sp³-hybridized carbons (Fsp3) is 0.833. The standard InChI is InChI=1S/C12H20N2O3/c1-9(15)13-5-2-6-14(8-7-13)11-4-3-10(11)12(16)17/h10-11H,2-8H2,1H3,(H,16,17). The van der Waals surface area contributed by atoms with E-state index in [1.165, 1.54) is 0 Å². The number of carbonyl (C=O) groups is 2. The Morgan fingerprint density at radius 2 is 1.88 bits per heavy atom. The summed E-state index contributed by atoms with van der Waals surface area (Å²) in [5.74, 6) is -0.747. The first-order valence-electron chi connectivity index (χ1n) is 6.32. The fourth-order valence-electron chi connectivity index (χ4n) is 2.79. The molecule has 1 heterocycles. The Morgan fingerprint density at radius 3 is 2.41 bits per heavy atom. The van der Waals surface area contributed by atoms with E-state index in [0.717, 1.165) is 45.4 Å². The summed E-state index contributed by atoms with van der Waals surface area (Å²) in [6.07, 6.45) is 2.73. The number of carbonyl (C=O) groups excluding carboxylic acids is 1. The van der Waals surface area contributed by atoms with E-state index in [1.54, 1.807) is 6.92 Å². The van der Waals surface area contributed by atoms with E-state index < -0.39 is 5.97 Å². The van der Waals surface area contributed by atoms with Crippen LogP contribution in [0.25, 0.3) is 0 Å². The van der Waals surface area contributed by atoms with E-state index in [1.807, 2.05) is 4.90 Å². The van der Waals surface area contributed by atoms with Crippen molar-refractivity contribution in [3.05, 3.63) is 0 Å². The lowest BCUT2D eigenvalue weighted by Gasteiger charge is -2.41. The topological polar surface area (TPSA) is 60.9 Å². The van der Waals surface area contributed by atoms with Crippen molar-refractivity contribution in [3.63, 3.8) is 0 Å². The summed E-state index contributed by atoms with van der Waals surface area (Å²) in [5.41, 5.74) is 0. The van der Waals surface area contributed by atoms with Crippen molar-refractivity contribution in [3.8, 4) is 0 Å². The van der Waals surface area contributed by atoms with E-state index in [-0.39, 0.29) is 17.9 Å². The Hall–Kier alpha value is -1.10. The van der Waals surface area contributed by atoms with E-state index in [2.05, 4.69) is 4.90 Å². The van der Waals surface area contributed by atoms with Crippen molar-refractivity contribution in [2.75, 3.05) is 26.2 Å². The van der Waals surface area contributed by atoms with Crippen LogP contribution in [0.15, 0.2) is 0 Å². The Morgan fingerprint density at radius 1 is 1.12 bits per heavy atom. The molecular formula is C12H20N2O3. The quantitative estimate of drug-likeness (QED) is 0.759. The average molecular weight is 240 g/mol. The largest absolute Gasteiger partial charge is 0.481 e. The highest BCUT2D eigenvalue weighted by molar-refractivity contribution is 5.73. The number of carboxylic acid groups (broad SMARTS) is 1. The Balaban J connectivity index is 1.91.